The average molecular weight is 259 g/mol. The molecule has 1 aliphatic heterocycles. The summed E-state index contributed by atoms with van der Waals surface area (Å²) >= 11 is 0. The third-order valence-corrected chi connectivity index (χ3v) is 2.46. The summed E-state index contributed by atoms with van der Waals surface area (Å²) in [4.78, 5) is 21.6. The number of hydrogen-bond acceptors (Lipinski definition) is 6. The zero-order chi connectivity index (χ0) is 11.4. The number of rotatable bonds is 2. The van der Waals surface area contributed by atoms with E-state index in [0.29, 0.717) is 11.5 Å². The molecular weight excluding hydrogens is 244 g/mol. The van der Waals surface area contributed by atoms with Crippen LogP contribution in [-0.2, 0) is 4.74 Å². The van der Waals surface area contributed by atoms with Crippen molar-refractivity contribution in [3.8, 4) is 0 Å². The lowest BCUT2D eigenvalue weighted by molar-refractivity contribution is 0.0600. The molecule has 7 heteroatoms. The van der Waals surface area contributed by atoms with Crippen molar-refractivity contribution in [3.05, 3.63) is 18.0 Å². The van der Waals surface area contributed by atoms with Gasteiger partial charge in [0.25, 0.3) is 0 Å². The van der Waals surface area contributed by atoms with Gasteiger partial charge in [-0.2, -0.15) is 0 Å². The topological polar surface area (TPSA) is 67.3 Å². The molecular formula is C10H15ClN4O2. The molecule has 17 heavy (non-hydrogen) atoms. The van der Waals surface area contributed by atoms with E-state index >= 15 is 0 Å². The second kappa shape index (κ2) is 6.36. The van der Waals surface area contributed by atoms with Crippen molar-refractivity contribution in [1.29, 1.82) is 0 Å². The summed E-state index contributed by atoms with van der Waals surface area (Å²) in [6.45, 7) is 3.64. The molecule has 0 aliphatic carbocycles. The molecule has 0 atom stereocenters. The van der Waals surface area contributed by atoms with Gasteiger partial charge in [0, 0.05) is 38.6 Å². The average Bonchev–Trinajstić information content (AvgIpc) is 2.39. The maximum atomic E-state index is 11.2. The van der Waals surface area contributed by atoms with Crippen molar-refractivity contribution < 1.29 is 9.53 Å². The molecule has 2 rings (SSSR count). The van der Waals surface area contributed by atoms with Gasteiger partial charge in [0.05, 0.1) is 12.7 Å². The quantitative estimate of drug-likeness (QED) is 0.759. The minimum Gasteiger partial charge on any atom is -0.465 e. The summed E-state index contributed by atoms with van der Waals surface area (Å²) in [7, 11) is 1.34. The minimum absolute atomic E-state index is 0. The number of piperazine rings is 1. The first-order valence-electron chi connectivity index (χ1n) is 5.17. The molecule has 0 amide bonds. The lowest BCUT2D eigenvalue weighted by Gasteiger charge is -2.27. The molecule has 0 unspecified atom stereocenters. The second-order valence-corrected chi connectivity index (χ2v) is 3.50. The first-order chi connectivity index (χ1) is 7.81. The first-order valence-corrected chi connectivity index (χ1v) is 5.17. The van der Waals surface area contributed by atoms with Gasteiger partial charge in [-0.25, -0.2) is 14.8 Å². The maximum absolute atomic E-state index is 11.2. The lowest BCUT2D eigenvalue weighted by atomic mass is 10.3. The zero-order valence-corrected chi connectivity index (χ0v) is 10.4. The van der Waals surface area contributed by atoms with Gasteiger partial charge in [0.2, 0.25) is 5.95 Å². The Kier molecular flexibility index (Phi) is 5.11. The summed E-state index contributed by atoms with van der Waals surface area (Å²) in [6, 6.07) is 0. The van der Waals surface area contributed by atoms with Gasteiger partial charge >= 0.3 is 5.97 Å². The van der Waals surface area contributed by atoms with E-state index in [9.17, 15) is 4.79 Å². The molecule has 0 radical (unpaired) electrons. The van der Waals surface area contributed by atoms with E-state index < -0.39 is 5.97 Å². The minimum atomic E-state index is -0.410. The number of carbonyl (C=O) groups is 1. The predicted molar refractivity (Wildman–Crippen MR) is 65.7 cm³/mol. The number of halogens is 1. The van der Waals surface area contributed by atoms with E-state index in [-0.39, 0.29) is 12.4 Å². The number of anilines is 1. The van der Waals surface area contributed by atoms with Gasteiger partial charge in [-0.05, 0) is 0 Å². The van der Waals surface area contributed by atoms with Crippen molar-refractivity contribution in [2.45, 2.75) is 0 Å². The van der Waals surface area contributed by atoms with Crippen LogP contribution >= 0.6 is 12.4 Å². The van der Waals surface area contributed by atoms with E-state index in [2.05, 4.69) is 24.9 Å². The van der Waals surface area contributed by atoms with Crippen LogP contribution in [0.25, 0.3) is 0 Å². The molecule has 1 aromatic heterocycles. The number of ether oxygens (including phenoxy) is 1. The molecule has 2 heterocycles. The van der Waals surface area contributed by atoms with Gasteiger partial charge in [0.1, 0.15) is 0 Å². The molecule has 1 saturated heterocycles. The molecule has 1 aromatic rings. The second-order valence-electron chi connectivity index (χ2n) is 3.50. The van der Waals surface area contributed by atoms with Crippen LogP contribution in [0.2, 0.25) is 0 Å². The monoisotopic (exact) mass is 258 g/mol. The molecule has 0 aromatic carbocycles. The highest BCUT2D eigenvalue weighted by atomic mass is 35.5. The van der Waals surface area contributed by atoms with Crippen LogP contribution < -0.4 is 10.2 Å². The number of esters is 1. The lowest BCUT2D eigenvalue weighted by Crippen LogP contribution is -2.44. The van der Waals surface area contributed by atoms with E-state index in [4.69, 9.17) is 0 Å². The highest BCUT2D eigenvalue weighted by Gasteiger charge is 2.13. The number of hydrogen-bond donors (Lipinski definition) is 1. The Morgan fingerprint density at radius 3 is 2.47 bits per heavy atom. The number of nitrogens with zero attached hydrogens (tertiary/aromatic N) is 3. The van der Waals surface area contributed by atoms with Crippen LogP contribution in [0, 0.1) is 0 Å². The van der Waals surface area contributed by atoms with Crippen LogP contribution in [0.4, 0.5) is 5.95 Å². The van der Waals surface area contributed by atoms with Gasteiger partial charge in [-0.15, -0.1) is 12.4 Å². The number of nitrogens with one attached hydrogen (secondary N) is 1. The Labute approximate surface area is 106 Å². The maximum Gasteiger partial charge on any atom is 0.341 e. The smallest absolute Gasteiger partial charge is 0.341 e. The Bertz CT molecular complexity index is 365. The Morgan fingerprint density at radius 1 is 1.35 bits per heavy atom. The van der Waals surface area contributed by atoms with E-state index in [1.165, 1.54) is 19.5 Å². The first kappa shape index (κ1) is 13.7. The Hall–Kier alpha value is -1.40. The van der Waals surface area contributed by atoms with Crippen LogP contribution in [0.5, 0.6) is 0 Å². The summed E-state index contributed by atoms with van der Waals surface area (Å²) < 4.78 is 4.58. The van der Waals surface area contributed by atoms with Crippen molar-refractivity contribution >= 4 is 24.3 Å². The molecule has 6 nitrogen and oxygen atoms in total. The molecule has 94 valence electrons. The predicted octanol–water partition coefficient (Wildman–Crippen LogP) is 0.0946. The number of methoxy groups -OCH3 is 1. The van der Waals surface area contributed by atoms with E-state index in [1.807, 2.05) is 0 Å². The van der Waals surface area contributed by atoms with Gasteiger partial charge in [0.15, 0.2) is 0 Å². The van der Waals surface area contributed by atoms with Crippen LogP contribution in [0.1, 0.15) is 10.4 Å². The largest absolute Gasteiger partial charge is 0.465 e. The molecule has 0 saturated carbocycles. The highest BCUT2D eigenvalue weighted by Crippen LogP contribution is 2.08. The third-order valence-electron chi connectivity index (χ3n) is 2.46. The van der Waals surface area contributed by atoms with Gasteiger partial charge < -0.3 is 15.0 Å². The SMILES string of the molecule is COC(=O)c1cnc(N2CCNCC2)nc1.Cl. The molecule has 1 N–H and O–H groups in total. The van der Waals surface area contributed by atoms with Crippen molar-refractivity contribution in [2.75, 3.05) is 38.2 Å². The molecule has 1 aliphatic rings. The van der Waals surface area contributed by atoms with Crippen LogP contribution in [0.15, 0.2) is 12.4 Å². The fourth-order valence-electron chi connectivity index (χ4n) is 1.57. The number of aromatic nitrogens is 2. The molecule has 1 fully saturated rings. The summed E-state index contributed by atoms with van der Waals surface area (Å²) in [6.07, 6.45) is 2.99. The van der Waals surface area contributed by atoms with Gasteiger partial charge in [-0.3, -0.25) is 0 Å². The van der Waals surface area contributed by atoms with Crippen LogP contribution in [-0.4, -0.2) is 49.2 Å². The normalized spacial score (nSPS) is 15.0. The fourth-order valence-corrected chi connectivity index (χ4v) is 1.57. The summed E-state index contributed by atoms with van der Waals surface area (Å²) in [5.74, 6) is 0.251. The van der Waals surface area contributed by atoms with Crippen molar-refractivity contribution in [3.63, 3.8) is 0 Å². The van der Waals surface area contributed by atoms with Crippen molar-refractivity contribution in [1.82, 2.24) is 15.3 Å². The van der Waals surface area contributed by atoms with Crippen LogP contribution in [0.3, 0.4) is 0 Å². The zero-order valence-electron chi connectivity index (χ0n) is 9.55. The van der Waals surface area contributed by atoms with Crippen molar-refractivity contribution in [2.24, 2.45) is 0 Å². The van der Waals surface area contributed by atoms with Gasteiger partial charge in [-0.1, -0.05) is 0 Å². The number of carbonyl (C=O) groups excluding carboxylic acids is 1. The summed E-state index contributed by atoms with van der Waals surface area (Å²) in [5.41, 5.74) is 0.376. The third kappa shape index (κ3) is 3.28. The fraction of sp³-hybridized carbons (Fsp3) is 0.500. The van der Waals surface area contributed by atoms with E-state index in [1.54, 1.807) is 0 Å². The Balaban J connectivity index is 0.00000144. The molecule has 0 bridgehead atoms. The molecule has 0 spiro atoms. The van der Waals surface area contributed by atoms with E-state index in [0.717, 1.165) is 26.2 Å². The standard InChI is InChI=1S/C10H14N4O2.ClH/c1-16-9(15)8-6-12-10(13-7-8)14-4-2-11-3-5-14;/h6-7,11H,2-5H2,1H3;1H. The summed E-state index contributed by atoms with van der Waals surface area (Å²) in [5, 5.41) is 3.25. The Morgan fingerprint density at radius 2 is 1.94 bits per heavy atom. The highest BCUT2D eigenvalue weighted by molar-refractivity contribution is 5.88.